The van der Waals surface area contributed by atoms with Crippen molar-refractivity contribution in [2.24, 2.45) is 11.1 Å². The first-order valence-electron chi connectivity index (χ1n) is 7.36. The first-order valence-corrected chi connectivity index (χ1v) is 8.17. The smallest absolute Gasteiger partial charge is 0.122 e. The molecule has 3 rings (SSSR count). The van der Waals surface area contributed by atoms with Gasteiger partial charge in [-0.2, -0.15) is 0 Å². The van der Waals surface area contributed by atoms with Crippen LogP contribution in [0.5, 0.6) is 5.75 Å². The molecule has 3 nitrogen and oxygen atoms in total. The predicted molar refractivity (Wildman–Crippen MR) is 85.8 cm³/mol. The van der Waals surface area contributed by atoms with Gasteiger partial charge in [0.15, 0.2) is 0 Å². The van der Waals surface area contributed by atoms with Crippen molar-refractivity contribution in [1.82, 2.24) is 0 Å². The van der Waals surface area contributed by atoms with Crippen molar-refractivity contribution in [3.05, 3.63) is 51.7 Å². The zero-order chi connectivity index (χ0) is 14.9. The van der Waals surface area contributed by atoms with E-state index < -0.39 is 11.5 Å². The fraction of sp³-hybridized carbons (Fsp3) is 0.412. The molecule has 1 aromatic carbocycles. The molecule has 4 heteroatoms. The van der Waals surface area contributed by atoms with Crippen LogP contribution in [0.25, 0.3) is 0 Å². The molecule has 1 aliphatic heterocycles. The summed E-state index contributed by atoms with van der Waals surface area (Å²) in [6, 6.07) is 12.1. The molecule has 1 aromatic heterocycles. The third kappa shape index (κ3) is 2.59. The topological polar surface area (TPSA) is 55.5 Å². The van der Waals surface area contributed by atoms with Gasteiger partial charge in [0.1, 0.15) is 5.75 Å². The number of aryl methyl sites for hydroxylation is 1. The standard InChI is InChI=1S/C17H21NO2S/c1-2-13-7-8-15(21-13)16(19)17(10-18)9-12-5-3-4-6-14(12)20-11-17/h3-8,16,19H,2,9-11,18H2,1H3. The first-order chi connectivity index (χ1) is 10.2. The molecule has 2 aromatic rings. The van der Waals surface area contributed by atoms with Gasteiger partial charge in [0.2, 0.25) is 0 Å². The maximum absolute atomic E-state index is 10.9. The SMILES string of the molecule is CCc1ccc(C(O)C2(CN)COc3ccccc3C2)s1. The van der Waals surface area contributed by atoms with E-state index in [-0.39, 0.29) is 0 Å². The lowest BCUT2D eigenvalue weighted by molar-refractivity contribution is -0.0140. The van der Waals surface area contributed by atoms with Gasteiger partial charge in [-0.3, -0.25) is 0 Å². The molecular formula is C17H21NO2S. The van der Waals surface area contributed by atoms with Crippen molar-refractivity contribution in [1.29, 1.82) is 0 Å². The van der Waals surface area contributed by atoms with E-state index in [0.717, 1.165) is 29.0 Å². The van der Waals surface area contributed by atoms with Crippen molar-refractivity contribution in [3.8, 4) is 5.75 Å². The Hall–Kier alpha value is -1.36. The largest absolute Gasteiger partial charge is 0.493 e. The molecule has 0 radical (unpaired) electrons. The zero-order valence-corrected chi connectivity index (χ0v) is 13.0. The Labute approximate surface area is 129 Å². The Balaban J connectivity index is 1.91. The van der Waals surface area contributed by atoms with E-state index >= 15 is 0 Å². The van der Waals surface area contributed by atoms with Gasteiger partial charge in [0, 0.05) is 16.3 Å². The minimum Gasteiger partial charge on any atom is -0.493 e. The number of rotatable bonds is 4. The molecule has 112 valence electrons. The third-order valence-electron chi connectivity index (χ3n) is 4.32. The minimum atomic E-state index is -0.582. The summed E-state index contributed by atoms with van der Waals surface area (Å²) in [5.41, 5.74) is 6.72. The van der Waals surface area contributed by atoms with E-state index in [1.165, 1.54) is 4.88 Å². The number of nitrogens with two attached hydrogens (primary N) is 1. The number of aliphatic hydroxyl groups is 1. The van der Waals surface area contributed by atoms with E-state index in [4.69, 9.17) is 10.5 Å². The number of aliphatic hydroxyl groups excluding tert-OH is 1. The van der Waals surface area contributed by atoms with Gasteiger partial charge >= 0.3 is 0 Å². The molecule has 3 N–H and O–H groups in total. The average molecular weight is 303 g/mol. The lowest BCUT2D eigenvalue weighted by Gasteiger charge is -2.40. The monoisotopic (exact) mass is 303 g/mol. The molecule has 2 atom stereocenters. The number of benzene rings is 1. The molecular weight excluding hydrogens is 282 g/mol. The van der Waals surface area contributed by atoms with Crippen LogP contribution in [0, 0.1) is 5.41 Å². The zero-order valence-electron chi connectivity index (χ0n) is 12.2. The fourth-order valence-corrected chi connectivity index (χ4v) is 3.97. The van der Waals surface area contributed by atoms with Crippen molar-refractivity contribution in [2.45, 2.75) is 25.9 Å². The molecule has 0 spiro atoms. The van der Waals surface area contributed by atoms with Crippen LogP contribution >= 0.6 is 11.3 Å². The molecule has 0 saturated carbocycles. The summed E-state index contributed by atoms with van der Waals surface area (Å²) in [5, 5.41) is 10.9. The summed E-state index contributed by atoms with van der Waals surface area (Å²) in [5.74, 6) is 0.911. The molecule has 0 bridgehead atoms. The lowest BCUT2D eigenvalue weighted by Crippen LogP contribution is -2.45. The van der Waals surface area contributed by atoms with Crippen LogP contribution in [0.3, 0.4) is 0 Å². The van der Waals surface area contributed by atoms with Crippen LogP contribution in [0.4, 0.5) is 0 Å². The summed E-state index contributed by atoms with van der Waals surface area (Å²) in [6.07, 6.45) is 1.16. The van der Waals surface area contributed by atoms with E-state index in [9.17, 15) is 5.11 Å². The van der Waals surface area contributed by atoms with Crippen LogP contribution < -0.4 is 10.5 Å². The van der Waals surface area contributed by atoms with Crippen LogP contribution in [0.15, 0.2) is 36.4 Å². The maximum atomic E-state index is 10.9. The molecule has 1 aliphatic rings. The van der Waals surface area contributed by atoms with Gasteiger partial charge in [-0.15, -0.1) is 11.3 Å². The molecule has 0 fully saturated rings. The summed E-state index contributed by atoms with van der Waals surface area (Å²) >= 11 is 1.67. The van der Waals surface area contributed by atoms with Crippen LogP contribution in [-0.2, 0) is 12.8 Å². The molecule has 0 aliphatic carbocycles. The molecule has 0 amide bonds. The summed E-state index contributed by atoms with van der Waals surface area (Å²) in [7, 11) is 0. The summed E-state index contributed by atoms with van der Waals surface area (Å²) < 4.78 is 5.87. The Kier molecular flexibility index (Phi) is 4.02. The average Bonchev–Trinajstić information content (AvgIpc) is 3.02. The minimum absolute atomic E-state index is 0.405. The first kappa shape index (κ1) is 14.6. The molecule has 0 saturated heterocycles. The van der Waals surface area contributed by atoms with Crippen molar-refractivity contribution >= 4 is 11.3 Å². The maximum Gasteiger partial charge on any atom is 0.122 e. The number of para-hydroxylation sites is 1. The Morgan fingerprint density at radius 1 is 1.33 bits per heavy atom. The Bertz CT molecular complexity index is 625. The second-order valence-corrected chi connectivity index (χ2v) is 6.90. The van der Waals surface area contributed by atoms with Crippen LogP contribution in [0.2, 0.25) is 0 Å². The van der Waals surface area contributed by atoms with Gasteiger partial charge in [-0.1, -0.05) is 25.1 Å². The van der Waals surface area contributed by atoms with Crippen LogP contribution in [-0.4, -0.2) is 18.3 Å². The van der Waals surface area contributed by atoms with Gasteiger partial charge in [0.25, 0.3) is 0 Å². The quantitative estimate of drug-likeness (QED) is 0.913. The highest BCUT2D eigenvalue weighted by molar-refractivity contribution is 7.12. The number of thiophene rings is 1. The van der Waals surface area contributed by atoms with Gasteiger partial charge < -0.3 is 15.6 Å². The number of hydrogen-bond donors (Lipinski definition) is 2. The van der Waals surface area contributed by atoms with E-state index in [2.05, 4.69) is 19.1 Å². The Morgan fingerprint density at radius 3 is 2.86 bits per heavy atom. The number of ether oxygens (including phenoxy) is 1. The number of hydrogen-bond acceptors (Lipinski definition) is 4. The molecule has 2 unspecified atom stereocenters. The Morgan fingerprint density at radius 2 is 2.14 bits per heavy atom. The van der Waals surface area contributed by atoms with Crippen molar-refractivity contribution in [3.63, 3.8) is 0 Å². The second kappa shape index (κ2) is 5.79. The normalized spacial score (nSPS) is 22.4. The lowest BCUT2D eigenvalue weighted by atomic mass is 9.75. The highest BCUT2D eigenvalue weighted by atomic mass is 32.1. The van der Waals surface area contributed by atoms with Crippen LogP contribution in [0.1, 0.15) is 28.3 Å². The predicted octanol–water partition coefficient (Wildman–Crippen LogP) is 2.92. The molecule has 21 heavy (non-hydrogen) atoms. The highest BCUT2D eigenvalue weighted by Crippen LogP contribution is 2.44. The molecule has 2 heterocycles. The van der Waals surface area contributed by atoms with E-state index in [1.54, 1.807) is 11.3 Å². The summed E-state index contributed by atoms with van der Waals surface area (Å²) in [4.78, 5) is 2.27. The third-order valence-corrected chi connectivity index (χ3v) is 5.60. The fourth-order valence-electron chi connectivity index (χ4n) is 2.89. The van der Waals surface area contributed by atoms with Crippen molar-refractivity contribution in [2.75, 3.05) is 13.2 Å². The second-order valence-electron chi connectivity index (χ2n) is 5.70. The number of fused-ring (bicyclic) bond motifs is 1. The van der Waals surface area contributed by atoms with Gasteiger partial charge in [-0.05, 0) is 36.6 Å². The van der Waals surface area contributed by atoms with Gasteiger partial charge in [0.05, 0.1) is 18.1 Å². The highest BCUT2D eigenvalue weighted by Gasteiger charge is 2.42. The summed E-state index contributed by atoms with van der Waals surface area (Å²) in [6.45, 7) is 2.99. The van der Waals surface area contributed by atoms with Gasteiger partial charge in [-0.25, -0.2) is 0 Å². The van der Waals surface area contributed by atoms with Crippen molar-refractivity contribution < 1.29 is 9.84 Å². The van der Waals surface area contributed by atoms with E-state index in [0.29, 0.717) is 13.2 Å². The van der Waals surface area contributed by atoms with E-state index in [1.807, 2.05) is 24.3 Å².